The molecule has 1 unspecified atom stereocenters. The van der Waals surface area contributed by atoms with Crippen molar-refractivity contribution in [3.05, 3.63) is 42.5 Å². The number of carbonyl (C=O) groups is 1. The fourth-order valence-electron chi connectivity index (χ4n) is 4.77. The Kier molecular flexibility index (Phi) is 10.9. The molecule has 1 aromatic carbocycles. The third kappa shape index (κ3) is 7.16. The van der Waals surface area contributed by atoms with Crippen LogP contribution in [0.5, 0.6) is 5.75 Å². The Morgan fingerprint density at radius 3 is 2.55 bits per heavy atom. The molecular weight excluding hydrogens is 618 g/mol. The van der Waals surface area contributed by atoms with E-state index < -0.39 is 62.5 Å². The maximum absolute atomic E-state index is 15.9. The van der Waals surface area contributed by atoms with Gasteiger partial charge in [0.2, 0.25) is 0 Å². The molecular formula is C28H39ClFN6O7P. The monoisotopic (exact) mass is 656 g/mol. The van der Waals surface area contributed by atoms with E-state index >= 15 is 4.39 Å². The third-order valence-corrected chi connectivity index (χ3v) is 9.13. The van der Waals surface area contributed by atoms with Crippen molar-refractivity contribution in [2.24, 2.45) is 0 Å². The van der Waals surface area contributed by atoms with Crippen LogP contribution in [0.25, 0.3) is 11.2 Å². The van der Waals surface area contributed by atoms with E-state index in [0.717, 1.165) is 0 Å². The van der Waals surface area contributed by atoms with Crippen molar-refractivity contribution < 1.29 is 37.4 Å². The van der Waals surface area contributed by atoms with E-state index in [2.05, 4.69) is 20.0 Å². The van der Waals surface area contributed by atoms with Crippen LogP contribution in [-0.4, -0.2) is 86.2 Å². The first-order chi connectivity index (χ1) is 20.9. The molecule has 2 N–H and O–H groups in total. The summed E-state index contributed by atoms with van der Waals surface area (Å²) in [7, 11) is -4.37. The largest absolute Gasteiger partial charge is 0.462 e. The van der Waals surface area contributed by atoms with E-state index in [-0.39, 0.29) is 5.75 Å². The first-order valence-electron chi connectivity index (χ1n) is 14.4. The molecule has 0 aliphatic carbocycles. The molecule has 3 heterocycles. The predicted molar refractivity (Wildman–Crippen MR) is 163 cm³/mol. The van der Waals surface area contributed by atoms with Crippen molar-refractivity contribution in [3.8, 4) is 5.75 Å². The smallest absolute Gasteiger partial charge is 0.459 e. The van der Waals surface area contributed by atoms with E-state index in [1.807, 2.05) is 18.7 Å². The number of aromatic nitrogens is 4. The molecule has 1 aliphatic heterocycles. The average molecular weight is 657 g/mol. The number of esters is 1. The number of aliphatic hydroxyl groups excluding tert-OH is 1. The van der Waals surface area contributed by atoms with Gasteiger partial charge in [-0.15, -0.1) is 11.6 Å². The minimum absolute atomic E-state index is 0.172. The van der Waals surface area contributed by atoms with Crippen LogP contribution in [-0.2, 0) is 23.4 Å². The molecule has 2 aromatic heterocycles. The quantitative estimate of drug-likeness (QED) is 0.145. The van der Waals surface area contributed by atoms with E-state index in [4.69, 9.17) is 30.1 Å². The standard InChI is InChI=1S/C28H39ClFN6O7P/c1-7-35(8-2)24-22-25(33-19(6)32-24)36(16-31-22)26-21(30)23(37)28(14-29,42-26)15-40-44(39,43-20-12-10-9-11-13-20)34-18(5)27(38)41-17(3)4/h9-13,16-18,21,23,26,37H,7-8,14-15H2,1-6H3,(H,34,39)/t18-,21+,23-,26+,28+,44?/m0/s1. The summed E-state index contributed by atoms with van der Waals surface area (Å²) in [6, 6.07) is 7.02. The molecule has 1 aliphatic rings. The van der Waals surface area contributed by atoms with Crippen LogP contribution in [0.2, 0.25) is 0 Å². The Balaban J connectivity index is 1.63. The maximum atomic E-state index is 15.9. The Morgan fingerprint density at radius 2 is 1.93 bits per heavy atom. The van der Waals surface area contributed by atoms with Crippen molar-refractivity contribution in [2.75, 3.05) is 30.5 Å². The number of nitrogens with one attached hydrogen (secondary N) is 1. The van der Waals surface area contributed by atoms with Gasteiger partial charge in [-0.1, -0.05) is 18.2 Å². The number of hydrogen-bond donors (Lipinski definition) is 2. The summed E-state index contributed by atoms with van der Waals surface area (Å²) in [5, 5.41) is 13.7. The highest BCUT2D eigenvalue weighted by molar-refractivity contribution is 7.52. The summed E-state index contributed by atoms with van der Waals surface area (Å²) >= 11 is 6.29. The minimum atomic E-state index is -4.37. The number of carbonyl (C=O) groups excluding carboxylic acids is 1. The molecule has 242 valence electrons. The summed E-state index contributed by atoms with van der Waals surface area (Å²) < 4.78 is 53.9. The number of nitrogens with zero attached hydrogens (tertiary/aromatic N) is 5. The zero-order valence-electron chi connectivity index (χ0n) is 25.5. The molecule has 1 fully saturated rings. The second kappa shape index (κ2) is 14.1. The highest BCUT2D eigenvalue weighted by atomic mass is 35.5. The Labute approximate surface area is 260 Å². The number of halogens is 2. The number of benzene rings is 1. The second-order valence-electron chi connectivity index (χ2n) is 10.7. The number of aryl methyl sites for hydroxylation is 1. The van der Waals surface area contributed by atoms with Gasteiger partial charge in [-0.05, 0) is 53.7 Å². The number of anilines is 1. The molecule has 0 spiro atoms. The second-order valence-corrected chi connectivity index (χ2v) is 12.7. The lowest BCUT2D eigenvalue weighted by Gasteiger charge is -2.31. The third-order valence-electron chi connectivity index (χ3n) is 7.05. The lowest BCUT2D eigenvalue weighted by molar-refractivity contribution is -0.149. The lowest BCUT2D eigenvalue weighted by Crippen LogP contribution is -2.48. The molecule has 0 amide bonds. The number of imidazole rings is 1. The fourth-order valence-corrected chi connectivity index (χ4v) is 6.61. The number of hydrogen-bond acceptors (Lipinski definition) is 11. The van der Waals surface area contributed by atoms with Crippen LogP contribution in [0.4, 0.5) is 10.2 Å². The van der Waals surface area contributed by atoms with E-state index in [9.17, 15) is 14.5 Å². The van der Waals surface area contributed by atoms with Gasteiger partial charge in [0.25, 0.3) is 0 Å². The highest BCUT2D eigenvalue weighted by Crippen LogP contribution is 2.49. The topological polar surface area (TPSA) is 150 Å². The molecule has 13 nitrogen and oxygen atoms in total. The summed E-state index contributed by atoms with van der Waals surface area (Å²) in [5.41, 5.74) is -1.12. The van der Waals surface area contributed by atoms with Crippen LogP contribution >= 0.6 is 19.3 Å². The molecule has 4 rings (SSSR count). The number of ether oxygens (including phenoxy) is 2. The van der Waals surface area contributed by atoms with Gasteiger partial charge in [0, 0.05) is 13.1 Å². The fraction of sp³-hybridized carbons (Fsp3) is 0.571. The van der Waals surface area contributed by atoms with Crippen LogP contribution in [0.1, 0.15) is 46.7 Å². The molecule has 0 radical (unpaired) electrons. The first-order valence-corrected chi connectivity index (χ1v) is 16.4. The normalized spacial score (nSPS) is 23.9. The Hall–Kier alpha value is -2.87. The Morgan fingerprint density at radius 1 is 1.25 bits per heavy atom. The molecule has 1 saturated heterocycles. The van der Waals surface area contributed by atoms with Gasteiger partial charge in [0.05, 0.1) is 24.9 Å². The van der Waals surface area contributed by atoms with Crippen LogP contribution in [0, 0.1) is 6.92 Å². The molecule has 44 heavy (non-hydrogen) atoms. The summed E-state index contributed by atoms with van der Waals surface area (Å²) in [6.45, 7) is 11.1. The lowest BCUT2D eigenvalue weighted by atomic mass is 9.99. The summed E-state index contributed by atoms with van der Waals surface area (Å²) in [6.07, 6.45) is -4.25. The number of fused-ring (bicyclic) bond motifs is 1. The number of para-hydroxylation sites is 1. The number of aliphatic hydroxyl groups is 1. The van der Waals surface area contributed by atoms with E-state index in [1.54, 1.807) is 51.1 Å². The number of rotatable bonds is 14. The molecule has 6 atom stereocenters. The highest BCUT2D eigenvalue weighted by Gasteiger charge is 2.57. The van der Waals surface area contributed by atoms with Gasteiger partial charge in [-0.25, -0.2) is 23.9 Å². The van der Waals surface area contributed by atoms with Crippen molar-refractivity contribution in [2.45, 2.75) is 77.8 Å². The van der Waals surface area contributed by atoms with E-state index in [0.29, 0.717) is 35.9 Å². The zero-order chi connectivity index (χ0) is 32.2. The van der Waals surface area contributed by atoms with Crippen LogP contribution in [0.15, 0.2) is 36.7 Å². The summed E-state index contributed by atoms with van der Waals surface area (Å²) in [5.74, 6) is 0.0736. The van der Waals surface area contributed by atoms with Gasteiger partial charge in [-0.3, -0.25) is 13.9 Å². The maximum Gasteiger partial charge on any atom is 0.459 e. The van der Waals surface area contributed by atoms with Crippen molar-refractivity contribution in [1.82, 2.24) is 24.6 Å². The van der Waals surface area contributed by atoms with Crippen LogP contribution in [0.3, 0.4) is 0 Å². The summed E-state index contributed by atoms with van der Waals surface area (Å²) in [4.78, 5) is 27.9. The SMILES string of the molecule is CCN(CC)c1nc(C)nc2c1ncn2[C@@H]1O[C@](CCl)(COP(=O)(N[C@@H](C)C(=O)OC(C)C)Oc2ccccc2)[C@@H](O)[C@H]1F. The Bertz CT molecular complexity index is 1480. The number of alkyl halides is 2. The molecule has 3 aromatic rings. The van der Waals surface area contributed by atoms with Gasteiger partial charge in [-0.2, -0.15) is 5.09 Å². The van der Waals surface area contributed by atoms with Gasteiger partial charge >= 0.3 is 13.7 Å². The van der Waals surface area contributed by atoms with Crippen molar-refractivity contribution in [3.63, 3.8) is 0 Å². The van der Waals surface area contributed by atoms with E-state index in [1.165, 1.54) is 17.8 Å². The van der Waals surface area contributed by atoms with Crippen LogP contribution < -0.4 is 14.5 Å². The molecule has 16 heteroatoms. The zero-order valence-corrected chi connectivity index (χ0v) is 27.2. The molecule has 0 saturated carbocycles. The first kappa shape index (κ1) is 34.0. The van der Waals surface area contributed by atoms with Crippen molar-refractivity contribution >= 4 is 42.3 Å². The molecule has 0 bridgehead atoms. The minimum Gasteiger partial charge on any atom is -0.462 e. The van der Waals surface area contributed by atoms with Gasteiger partial charge in [0.15, 0.2) is 29.4 Å². The van der Waals surface area contributed by atoms with Gasteiger partial charge in [0.1, 0.15) is 29.3 Å². The van der Waals surface area contributed by atoms with Gasteiger partial charge < -0.3 is 24.0 Å². The average Bonchev–Trinajstić information content (AvgIpc) is 3.51. The van der Waals surface area contributed by atoms with Crippen molar-refractivity contribution in [1.29, 1.82) is 0 Å². The predicted octanol–water partition coefficient (Wildman–Crippen LogP) is 4.32.